The zero-order valence-corrected chi connectivity index (χ0v) is 17.4. The van der Waals surface area contributed by atoms with Crippen molar-refractivity contribution in [3.63, 3.8) is 0 Å². The molecule has 0 aliphatic carbocycles. The fraction of sp³-hybridized carbons (Fsp3) is 0.588. The second-order valence-electron chi connectivity index (χ2n) is 5.91. The van der Waals surface area contributed by atoms with Gasteiger partial charge in [-0.05, 0) is 31.2 Å². The predicted octanol–water partition coefficient (Wildman–Crippen LogP) is 0.576. The standard InChI is InChI=1S/C17H27N3O5S.ClH/c1-3-25-14-17(21)18-8-9-19-10-12-20(13-11-19)26(22,23)16-6-4-15(24-2)5-7-16;/h4-7H,3,8-14H2,1-2H3,(H,18,21);1H. The summed E-state index contributed by atoms with van der Waals surface area (Å²) in [6.07, 6.45) is 0. The summed E-state index contributed by atoms with van der Waals surface area (Å²) in [5.74, 6) is 0.493. The number of carbonyl (C=O) groups is 1. The number of nitrogens with zero attached hydrogens (tertiary/aromatic N) is 2. The van der Waals surface area contributed by atoms with E-state index in [2.05, 4.69) is 10.2 Å². The SMILES string of the molecule is CCOCC(=O)NCCN1CCN(S(=O)(=O)c2ccc(OC)cc2)CC1.Cl. The molecular formula is C17H28ClN3O5S. The molecule has 27 heavy (non-hydrogen) atoms. The molecule has 8 nitrogen and oxygen atoms in total. The number of ether oxygens (including phenoxy) is 2. The summed E-state index contributed by atoms with van der Waals surface area (Å²) < 4.78 is 37.0. The molecule has 1 saturated heterocycles. The van der Waals surface area contributed by atoms with Crippen LogP contribution in [0.4, 0.5) is 0 Å². The van der Waals surface area contributed by atoms with Crippen LogP contribution in [-0.4, -0.2) is 83.1 Å². The van der Waals surface area contributed by atoms with Gasteiger partial charge in [0.05, 0.1) is 12.0 Å². The molecule has 1 fully saturated rings. The van der Waals surface area contributed by atoms with Gasteiger partial charge in [-0.3, -0.25) is 9.69 Å². The van der Waals surface area contributed by atoms with Gasteiger partial charge in [-0.15, -0.1) is 12.4 Å². The van der Waals surface area contributed by atoms with Crippen LogP contribution >= 0.6 is 12.4 Å². The van der Waals surface area contributed by atoms with Crippen molar-refractivity contribution in [2.45, 2.75) is 11.8 Å². The maximum atomic E-state index is 12.7. The summed E-state index contributed by atoms with van der Waals surface area (Å²) in [6, 6.07) is 6.42. The van der Waals surface area contributed by atoms with Crippen LogP contribution in [0.5, 0.6) is 5.75 Å². The molecule has 0 saturated carbocycles. The van der Waals surface area contributed by atoms with Gasteiger partial charge < -0.3 is 14.8 Å². The van der Waals surface area contributed by atoms with Crippen LogP contribution in [0.2, 0.25) is 0 Å². The lowest BCUT2D eigenvalue weighted by Crippen LogP contribution is -2.50. The van der Waals surface area contributed by atoms with Gasteiger partial charge in [0.2, 0.25) is 15.9 Å². The third-order valence-corrected chi connectivity index (χ3v) is 6.13. The van der Waals surface area contributed by atoms with Crippen molar-refractivity contribution in [2.75, 3.05) is 59.6 Å². The number of hydrogen-bond acceptors (Lipinski definition) is 6. The smallest absolute Gasteiger partial charge is 0.246 e. The molecule has 0 atom stereocenters. The number of halogens is 1. The number of methoxy groups -OCH3 is 1. The van der Waals surface area contributed by atoms with E-state index in [1.54, 1.807) is 31.4 Å². The fourth-order valence-electron chi connectivity index (χ4n) is 2.69. The van der Waals surface area contributed by atoms with Gasteiger partial charge in [0.1, 0.15) is 12.4 Å². The van der Waals surface area contributed by atoms with Gasteiger partial charge in [-0.2, -0.15) is 4.31 Å². The topological polar surface area (TPSA) is 88.2 Å². The van der Waals surface area contributed by atoms with E-state index in [4.69, 9.17) is 9.47 Å². The number of benzene rings is 1. The van der Waals surface area contributed by atoms with Crippen molar-refractivity contribution in [1.29, 1.82) is 0 Å². The first kappa shape index (κ1) is 23.6. The Balaban J connectivity index is 0.00000364. The molecule has 0 unspecified atom stereocenters. The van der Waals surface area contributed by atoms with E-state index in [1.165, 1.54) is 4.31 Å². The molecule has 10 heteroatoms. The van der Waals surface area contributed by atoms with Gasteiger partial charge in [0.25, 0.3) is 0 Å². The van der Waals surface area contributed by atoms with E-state index in [1.807, 2.05) is 6.92 Å². The molecule has 0 spiro atoms. The number of hydrogen-bond donors (Lipinski definition) is 1. The molecule has 1 aromatic carbocycles. The van der Waals surface area contributed by atoms with Crippen molar-refractivity contribution < 1.29 is 22.7 Å². The van der Waals surface area contributed by atoms with E-state index < -0.39 is 10.0 Å². The Kier molecular flexibility index (Phi) is 10.0. The second kappa shape index (κ2) is 11.5. The molecular weight excluding hydrogens is 394 g/mol. The summed E-state index contributed by atoms with van der Waals surface area (Å²) in [4.78, 5) is 13.9. The molecule has 1 aromatic rings. The van der Waals surface area contributed by atoms with Crippen LogP contribution < -0.4 is 10.1 Å². The summed E-state index contributed by atoms with van der Waals surface area (Å²) in [5.41, 5.74) is 0. The minimum atomic E-state index is -3.49. The van der Waals surface area contributed by atoms with Crippen molar-refractivity contribution >= 4 is 28.3 Å². The van der Waals surface area contributed by atoms with Crippen molar-refractivity contribution in [3.05, 3.63) is 24.3 Å². The quantitative estimate of drug-likeness (QED) is 0.627. The molecule has 1 amide bonds. The molecule has 154 valence electrons. The highest BCUT2D eigenvalue weighted by molar-refractivity contribution is 7.89. The summed E-state index contributed by atoms with van der Waals surface area (Å²) in [6.45, 7) is 5.77. The third kappa shape index (κ3) is 6.93. The van der Waals surface area contributed by atoms with E-state index in [-0.39, 0.29) is 29.8 Å². The normalized spacial score (nSPS) is 15.8. The van der Waals surface area contributed by atoms with Crippen LogP contribution in [0.1, 0.15) is 6.92 Å². The zero-order valence-electron chi connectivity index (χ0n) is 15.7. The van der Waals surface area contributed by atoms with Crippen molar-refractivity contribution in [3.8, 4) is 5.75 Å². The highest BCUT2D eigenvalue weighted by atomic mass is 35.5. The summed E-state index contributed by atoms with van der Waals surface area (Å²) in [5, 5.41) is 2.79. The third-order valence-electron chi connectivity index (χ3n) is 4.22. The van der Waals surface area contributed by atoms with Crippen LogP contribution in [0.15, 0.2) is 29.2 Å². The Morgan fingerprint density at radius 2 is 1.78 bits per heavy atom. The number of carbonyl (C=O) groups excluding carboxylic acids is 1. The first-order valence-corrected chi connectivity index (χ1v) is 10.1. The fourth-order valence-corrected chi connectivity index (χ4v) is 4.11. The molecule has 0 radical (unpaired) electrons. The van der Waals surface area contributed by atoms with E-state index >= 15 is 0 Å². The van der Waals surface area contributed by atoms with E-state index in [9.17, 15) is 13.2 Å². The minimum Gasteiger partial charge on any atom is -0.497 e. The number of amides is 1. The second-order valence-corrected chi connectivity index (χ2v) is 7.85. The van der Waals surface area contributed by atoms with Crippen molar-refractivity contribution in [1.82, 2.24) is 14.5 Å². The Morgan fingerprint density at radius 3 is 2.33 bits per heavy atom. The number of nitrogens with one attached hydrogen (secondary N) is 1. The van der Waals surface area contributed by atoms with Crippen LogP contribution in [-0.2, 0) is 19.6 Å². The largest absolute Gasteiger partial charge is 0.497 e. The first-order chi connectivity index (χ1) is 12.5. The minimum absolute atomic E-state index is 0. The van der Waals surface area contributed by atoms with Gasteiger partial charge in [-0.25, -0.2) is 8.42 Å². The molecule has 2 rings (SSSR count). The summed E-state index contributed by atoms with van der Waals surface area (Å²) in [7, 11) is -1.95. The molecule has 1 aliphatic rings. The van der Waals surface area contributed by atoms with Crippen LogP contribution in [0.25, 0.3) is 0 Å². The summed E-state index contributed by atoms with van der Waals surface area (Å²) >= 11 is 0. The Morgan fingerprint density at radius 1 is 1.15 bits per heavy atom. The maximum Gasteiger partial charge on any atom is 0.246 e. The molecule has 0 bridgehead atoms. The first-order valence-electron chi connectivity index (χ1n) is 8.68. The lowest BCUT2D eigenvalue weighted by molar-refractivity contribution is -0.125. The zero-order chi connectivity index (χ0) is 19.0. The highest BCUT2D eigenvalue weighted by Gasteiger charge is 2.28. The Hall–Kier alpha value is -1.39. The monoisotopic (exact) mass is 421 g/mol. The van der Waals surface area contributed by atoms with Crippen LogP contribution in [0, 0.1) is 0 Å². The highest BCUT2D eigenvalue weighted by Crippen LogP contribution is 2.20. The lowest BCUT2D eigenvalue weighted by Gasteiger charge is -2.34. The number of piperazine rings is 1. The Labute approximate surface area is 167 Å². The van der Waals surface area contributed by atoms with Gasteiger partial charge in [0.15, 0.2) is 0 Å². The van der Waals surface area contributed by atoms with Gasteiger partial charge in [0, 0.05) is 45.9 Å². The molecule has 0 aromatic heterocycles. The van der Waals surface area contributed by atoms with Crippen molar-refractivity contribution in [2.24, 2.45) is 0 Å². The van der Waals surface area contributed by atoms with E-state index in [0.29, 0.717) is 51.6 Å². The number of sulfonamides is 1. The molecule has 1 N–H and O–H groups in total. The van der Waals surface area contributed by atoms with Gasteiger partial charge >= 0.3 is 0 Å². The molecule has 1 heterocycles. The predicted molar refractivity (Wildman–Crippen MR) is 105 cm³/mol. The average molecular weight is 422 g/mol. The molecule has 1 aliphatic heterocycles. The number of rotatable bonds is 9. The van der Waals surface area contributed by atoms with E-state index in [0.717, 1.165) is 0 Å². The maximum absolute atomic E-state index is 12.7. The van der Waals surface area contributed by atoms with Crippen LogP contribution in [0.3, 0.4) is 0 Å². The van der Waals surface area contributed by atoms with Gasteiger partial charge in [-0.1, -0.05) is 0 Å². The Bertz CT molecular complexity index is 676. The lowest BCUT2D eigenvalue weighted by atomic mass is 10.3. The average Bonchev–Trinajstić information content (AvgIpc) is 2.67.